The molecule has 0 fully saturated rings. The van der Waals surface area contributed by atoms with Crippen molar-refractivity contribution in [2.45, 2.75) is 33.7 Å². The number of guanidine groups is 1. The van der Waals surface area contributed by atoms with Gasteiger partial charge in [-0.3, -0.25) is 0 Å². The minimum absolute atomic E-state index is 0.519. The Hall–Kier alpha value is -1.66. The van der Waals surface area contributed by atoms with Crippen molar-refractivity contribution in [3.8, 4) is 0 Å². The van der Waals surface area contributed by atoms with Crippen LogP contribution in [-0.2, 0) is 13.0 Å². The fourth-order valence-corrected chi connectivity index (χ4v) is 2.95. The van der Waals surface area contributed by atoms with Crippen LogP contribution in [0, 0.1) is 13.8 Å². The van der Waals surface area contributed by atoms with Gasteiger partial charge in [0.05, 0.1) is 12.2 Å². The Kier molecular flexibility index (Phi) is 6.80. The van der Waals surface area contributed by atoms with Gasteiger partial charge in [-0.25, -0.2) is 15.0 Å². The molecule has 2 aromatic rings. The molecule has 124 valence electrons. The number of hydrogen-bond donors (Lipinski definition) is 2. The molecule has 0 radical (unpaired) electrons. The average Bonchev–Trinajstić information content (AvgIpc) is 2.85. The van der Waals surface area contributed by atoms with Gasteiger partial charge in [0.1, 0.15) is 10.2 Å². The summed E-state index contributed by atoms with van der Waals surface area (Å²) in [5.41, 5.74) is 2.23. The Bertz CT molecular complexity index is 631. The number of thiazole rings is 1. The minimum Gasteiger partial charge on any atom is -0.357 e. The lowest BCUT2D eigenvalue weighted by Crippen LogP contribution is -2.38. The van der Waals surface area contributed by atoms with E-state index < -0.39 is 0 Å². The quantitative estimate of drug-likeness (QED) is 0.477. The predicted molar refractivity (Wildman–Crippen MR) is 97.4 cm³/mol. The van der Waals surface area contributed by atoms with E-state index in [9.17, 15) is 0 Å². The van der Waals surface area contributed by atoms with E-state index in [-0.39, 0.29) is 0 Å². The van der Waals surface area contributed by atoms with E-state index in [0.29, 0.717) is 11.7 Å². The number of pyridine rings is 1. The second-order valence-corrected chi connectivity index (χ2v) is 6.79. The van der Waals surface area contributed by atoms with Gasteiger partial charge in [-0.15, -0.1) is 11.3 Å². The standard InChI is InChI=1S/C16H22ClN5S/c1-4-18-16(21-10-15-22-11(2)12(3)23-15)19-8-7-13-5-6-14(17)20-9-13/h5-6,9H,4,7-8,10H2,1-3H3,(H2,18,19,21). The van der Waals surface area contributed by atoms with Crippen molar-refractivity contribution in [2.24, 2.45) is 4.99 Å². The largest absolute Gasteiger partial charge is 0.357 e. The Balaban J connectivity index is 1.87. The van der Waals surface area contributed by atoms with Crippen molar-refractivity contribution in [3.05, 3.63) is 44.6 Å². The van der Waals surface area contributed by atoms with E-state index >= 15 is 0 Å². The summed E-state index contributed by atoms with van der Waals surface area (Å²) in [6, 6.07) is 3.80. The molecule has 0 unspecified atom stereocenters. The highest BCUT2D eigenvalue weighted by Gasteiger charge is 2.04. The fraction of sp³-hybridized carbons (Fsp3) is 0.438. The van der Waals surface area contributed by atoms with Gasteiger partial charge in [-0.05, 0) is 38.8 Å². The van der Waals surface area contributed by atoms with Crippen LogP contribution in [0.2, 0.25) is 5.15 Å². The second-order valence-electron chi connectivity index (χ2n) is 5.11. The summed E-state index contributed by atoms with van der Waals surface area (Å²) in [5.74, 6) is 0.805. The predicted octanol–water partition coefficient (Wildman–Crippen LogP) is 3.11. The smallest absolute Gasteiger partial charge is 0.191 e. The summed E-state index contributed by atoms with van der Waals surface area (Å²) >= 11 is 7.49. The van der Waals surface area contributed by atoms with Crippen molar-refractivity contribution in [1.82, 2.24) is 20.6 Å². The number of hydrogen-bond acceptors (Lipinski definition) is 4. The lowest BCUT2D eigenvalue weighted by molar-refractivity contribution is 0.797. The molecular weight excluding hydrogens is 330 g/mol. The molecule has 0 bridgehead atoms. The second kappa shape index (κ2) is 8.84. The Labute approximate surface area is 146 Å². The van der Waals surface area contributed by atoms with E-state index in [0.717, 1.165) is 41.7 Å². The molecule has 0 aromatic carbocycles. The van der Waals surface area contributed by atoms with E-state index in [1.165, 1.54) is 4.88 Å². The van der Waals surface area contributed by atoms with Gasteiger partial charge < -0.3 is 10.6 Å². The van der Waals surface area contributed by atoms with Crippen LogP contribution >= 0.6 is 22.9 Å². The molecule has 0 spiro atoms. The van der Waals surface area contributed by atoms with Gasteiger partial charge in [-0.1, -0.05) is 17.7 Å². The van der Waals surface area contributed by atoms with Crippen molar-refractivity contribution in [2.75, 3.05) is 13.1 Å². The Morgan fingerprint density at radius 3 is 2.74 bits per heavy atom. The van der Waals surface area contributed by atoms with Crippen LogP contribution in [-0.4, -0.2) is 29.0 Å². The first-order valence-electron chi connectivity index (χ1n) is 7.64. The lowest BCUT2D eigenvalue weighted by Gasteiger charge is -2.10. The Morgan fingerprint density at radius 1 is 1.30 bits per heavy atom. The number of nitrogens with one attached hydrogen (secondary N) is 2. The molecule has 2 heterocycles. The number of rotatable bonds is 6. The molecule has 0 amide bonds. The lowest BCUT2D eigenvalue weighted by atomic mass is 10.2. The number of aliphatic imine (C=N–C) groups is 1. The van der Waals surface area contributed by atoms with Crippen LogP contribution in [0.5, 0.6) is 0 Å². The van der Waals surface area contributed by atoms with E-state index in [2.05, 4.69) is 39.4 Å². The van der Waals surface area contributed by atoms with Crippen LogP contribution in [0.1, 0.15) is 28.1 Å². The molecule has 23 heavy (non-hydrogen) atoms. The van der Waals surface area contributed by atoms with Crippen LogP contribution in [0.25, 0.3) is 0 Å². The number of aryl methyl sites for hydroxylation is 2. The van der Waals surface area contributed by atoms with E-state index in [1.54, 1.807) is 17.5 Å². The molecule has 0 aliphatic heterocycles. The molecule has 0 atom stereocenters. The third-order valence-electron chi connectivity index (χ3n) is 3.28. The first-order chi connectivity index (χ1) is 11.1. The maximum atomic E-state index is 5.79. The van der Waals surface area contributed by atoms with Crippen molar-refractivity contribution >= 4 is 28.9 Å². The van der Waals surface area contributed by atoms with Crippen LogP contribution in [0.3, 0.4) is 0 Å². The van der Waals surface area contributed by atoms with Crippen molar-refractivity contribution < 1.29 is 0 Å². The summed E-state index contributed by atoms with van der Waals surface area (Å²) < 4.78 is 0. The highest BCUT2D eigenvalue weighted by Crippen LogP contribution is 2.16. The fourth-order valence-electron chi connectivity index (χ4n) is 1.97. The summed E-state index contributed by atoms with van der Waals surface area (Å²) in [5, 5.41) is 8.14. The van der Waals surface area contributed by atoms with E-state index in [1.807, 2.05) is 19.1 Å². The third-order valence-corrected chi connectivity index (χ3v) is 4.57. The average molecular weight is 352 g/mol. The molecule has 0 aliphatic carbocycles. The molecule has 7 heteroatoms. The maximum Gasteiger partial charge on any atom is 0.191 e. The van der Waals surface area contributed by atoms with Gasteiger partial charge in [0, 0.05) is 24.2 Å². The molecular formula is C16H22ClN5S. The van der Waals surface area contributed by atoms with Gasteiger partial charge in [0.15, 0.2) is 5.96 Å². The Morgan fingerprint density at radius 2 is 2.13 bits per heavy atom. The number of halogens is 1. The molecule has 0 saturated heterocycles. The highest BCUT2D eigenvalue weighted by atomic mass is 35.5. The molecule has 0 saturated carbocycles. The molecule has 2 rings (SSSR count). The van der Waals surface area contributed by atoms with Crippen LogP contribution in [0.4, 0.5) is 0 Å². The first-order valence-corrected chi connectivity index (χ1v) is 8.83. The summed E-state index contributed by atoms with van der Waals surface area (Å²) in [6.07, 6.45) is 2.67. The van der Waals surface area contributed by atoms with Crippen LogP contribution in [0.15, 0.2) is 23.3 Å². The summed E-state index contributed by atoms with van der Waals surface area (Å²) in [6.45, 7) is 8.37. The molecule has 2 N–H and O–H groups in total. The van der Waals surface area contributed by atoms with E-state index in [4.69, 9.17) is 11.6 Å². The third kappa shape index (κ3) is 5.80. The zero-order valence-electron chi connectivity index (χ0n) is 13.7. The zero-order valence-corrected chi connectivity index (χ0v) is 15.3. The van der Waals surface area contributed by atoms with Gasteiger partial charge in [-0.2, -0.15) is 0 Å². The van der Waals surface area contributed by atoms with Crippen molar-refractivity contribution in [1.29, 1.82) is 0 Å². The minimum atomic E-state index is 0.519. The zero-order chi connectivity index (χ0) is 16.7. The topological polar surface area (TPSA) is 62.2 Å². The SMILES string of the molecule is CCNC(=NCc1nc(C)c(C)s1)NCCc1ccc(Cl)nc1. The van der Waals surface area contributed by atoms with Gasteiger partial charge in [0.25, 0.3) is 0 Å². The first kappa shape index (κ1) is 17.7. The molecule has 0 aliphatic rings. The summed E-state index contributed by atoms with van der Waals surface area (Å²) in [4.78, 5) is 14.4. The van der Waals surface area contributed by atoms with Gasteiger partial charge in [0.2, 0.25) is 0 Å². The molecule has 5 nitrogen and oxygen atoms in total. The maximum absolute atomic E-state index is 5.79. The molecule has 2 aromatic heterocycles. The van der Waals surface area contributed by atoms with Crippen molar-refractivity contribution in [3.63, 3.8) is 0 Å². The number of nitrogens with zero attached hydrogens (tertiary/aromatic N) is 3. The monoisotopic (exact) mass is 351 g/mol. The number of aromatic nitrogens is 2. The normalized spacial score (nSPS) is 11.6. The van der Waals surface area contributed by atoms with Crippen LogP contribution < -0.4 is 10.6 Å². The highest BCUT2D eigenvalue weighted by molar-refractivity contribution is 7.11. The summed E-state index contributed by atoms with van der Waals surface area (Å²) in [7, 11) is 0. The van der Waals surface area contributed by atoms with Gasteiger partial charge >= 0.3 is 0 Å².